The molecule has 1 unspecified atom stereocenters. The minimum atomic E-state index is 0.468. The molecule has 1 atom stereocenters. The maximum absolute atomic E-state index is 4.55. The molecule has 1 aliphatic heterocycles. The molecule has 4 rings (SSSR count). The number of rotatable bonds is 6. The monoisotopic (exact) mass is 408 g/mol. The van der Waals surface area contributed by atoms with Gasteiger partial charge >= 0.3 is 0 Å². The molecule has 0 amide bonds. The highest BCUT2D eigenvalue weighted by molar-refractivity contribution is 5.79. The van der Waals surface area contributed by atoms with Crippen molar-refractivity contribution in [1.29, 1.82) is 0 Å². The van der Waals surface area contributed by atoms with Crippen LogP contribution < -0.4 is 10.6 Å². The maximum Gasteiger partial charge on any atom is 0.191 e. The molecule has 162 valence electrons. The van der Waals surface area contributed by atoms with Crippen LogP contribution in [0.5, 0.6) is 0 Å². The van der Waals surface area contributed by atoms with Crippen LogP contribution in [0.4, 0.5) is 0 Å². The number of nitrogens with zero attached hydrogens (tertiary/aromatic N) is 4. The Hall–Kier alpha value is -2.34. The average Bonchev–Trinajstić information content (AvgIpc) is 3.25. The van der Waals surface area contributed by atoms with Gasteiger partial charge in [-0.1, -0.05) is 49.6 Å². The number of imidazole rings is 1. The van der Waals surface area contributed by atoms with Crippen molar-refractivity contribution in [3.05, 3.63) is 54.1 Å². The first kappa shape index (κ1) is 20.9. The molecule has 0 bridgehead atoms. The second-order valence-corrected chi connectivity index (χ2v) is 8.65. The van der Waals surface area contributed by atoms with E-state index in [-0.39, 0.29) is 0 Å². The highest BCUT2D eigenvalue weighted by atomic mass is 15.2. The lowest BCUT2D eigenvalue weighted by Crippen LogP contribution is -2.53. The summed E-state index contributed by atoms with van der Waals surface area (Å²) in [4.78, 5) is 11.7. The molecule has 0 radical (unpaired) electrons. The molecule has 30 heavy (non-hydrogen) atoms. The van der Waals surface area contributed by atoms with Crippen LogP contribution in [0.3, 0.4) is 0 Å². The van der Waals surface area contributed by atoms with Gasteiger partial charge in [-0.15, -0.1) is 0 Å². The second-order valence-electron chi connectivity index (χ2n) is 8.65. The van der Waals surface area contributed by atoms with Crippen LogP contribution in [0.1, 0.15) is 56.3 Å². The zero-order chi connectivity index (χ0) is 20.6. The summed E-state index contributed by atoms with van der Waals surface area (Å²) in [6, 6.07) is 11.8. The first-order chi connectivity index (χ1) is 14.8. The molecule has 2 aromatic rings. The van der Waals surface area contributed by atoms with Crippen LogP contribution in [-0.4, -0.2) is 52.6 Å². The van der Waals surface area contributed by atoms with Gasteiger partial charge in [0.05, 0.1) is 6.54 Å². The molecule has 2 N–H and O–H groups in total. The molecule has 2 fully saturated rings. The van der Waals surface area contributed by atoms with E-state index < -0.39 is 0 Å². The Morgan fingerprint density at radius 3 is 2.73 bits per heavy atom. The third kappa shape index (κ3) is 5.63. The first-order valence-corrected chi connectivity index (χ1v) is 11.6. The van der Waals surface area contributed by atoms with Crippen molar-refractivity contribution in [2.24, 2.45) is 4.99 Å². The Bertz CT molecular complexity index is 793. The second kappa shape index (κ2) is 10.6. The highest BCUT2D eigenvalue weighted by Crippen LogP contribution is 2.25. The summed E-state index contributed by atoms with van der Waals surface area (Å²) in [6.45, 7) is 3.89. The number of hydrogen-bond donors (Lipinski definition) is 2. The van der Waals surface area contributed by atoms with Crippen LogP contribution in [-0.2, 0) is 13.1 Å². The molecular formula is C24H36N6. The van der Waals surface area contributed by atoms with Gasteiger partial charge in [-0.2, -0.15) is 0 Å². The van der Waals surface area contributed by atoms with Gasteiger partial charge in [0.1, 0.15) is 5.82 Å². The SMILES string of the molecule is CN=C(NCc1nccn1Cc1ccccc1)NC1CCCN(C2CCCCC2)C1. The largest absolute Gasteiger partial charge is 0.352 e. The smallest absolute Gasteiger partial charge is 0.191 e. The summed E-state index contributed by atoms with van der Waals surface area (Å²) in [5.74, 6) is 1.90. The van der Waals surface area contributed by atoms with Gasteiger partial charge in [-0.3, -0.25) is 9.89 Å². The Balaban J connectivity index is 1.29. The fourth-order valence-electron chi connectivity index (χ4n) is 4.88. The zero-order valence-corrected chi connectivity index (χ0v) is 18.3. The van der Waals surface area contributed by atoms with Gasteiger partial charge in [-0.05, 0) is 37.8 Å². The molecule has 0 spiro atoms. The van der Waals surface area contributed by atoms with E-state index in [1.54, 1.807) is 0 Å². The Morgan fingerprint density at radius 1 is 1.10 bits per heavy atom. The topological polar surface area (TPSA) is 57.5 Å². The standard InChI is InChI=1S/C24H36N6/c1-25-24(28-21-11-8-15-29(19-21)22-12-6-3-7-13-22)27-17-23-26-14-16-30(23)18-20-9-4-2-5-10-20/h2,4-5,9-10,14,16,21-22H,3,6-8,11-13,15,17-19H2,1H3,(H2,25,27,28). The molecule has 1 aromatic carbocycles. The van der Waals surface area contributed by atoms with E-state index in [1.807, 2.05) is 19.4 Å². The first-order valence-electron chi connectivity index (χ1n) is 11.6. The molecule has 6 heteroatoms. The number of likely N-dealkylation sites (tertiary alicyclic amines) is 1. The molecule has 2 heterocycles. The average molecular weight is 409 g/mol. The van der Waals surface area contributed by atoms with E-state index >= 15 is 0 Å². The molecule has 1 aliphatic carbocycles. The molecule has 1 saturated carbocycles. The van der Waals surface area contributed by atoms with Gasteiger partial charge in [-0.25, -0.2) is 4.98 Å². The van der Waals surface area contributed by atoms with Crippen molar-refractivity contribution >= 4 is 5.96 Å². The van der Waals surface area contributed by atoms with Crippen LogP contribution >= 0.6 is 0 Å². The molecule has 2 aliphatic rings. The van der Waals surface area contributed by atoms with Gasteiger partial charge in [0, 0.05) is 44.6 Å². The van der Waals surface area contributed by atoms with Crippen molar-refractivity contribution < 1.29 is 0 Å². The van der Waals surface area contributed by atoms with Crippen molar-refractivity contribution in [2.75, 3.05) is 20.1 Å². The number of guanidine groups is 1. The Kier molecular flexibility index (Phi) is 7.40. The summed E-state index contributed by atoms with van der Waals surface area (Å²) in [7, 11) is 1.85. The fourth-order valence-corrected chi connectivity index (χ4v) is 4.88. The minimum Gasteiger partial charge on any atom is -0.352 e. The number of aromatic nitrogens is 2. The number of hydrogen-bond acceptors (Lipinski definition) is 3. The van der Waals surface area contributed by atoms with Crippen molar-refractivity contribution in [3.8, 4) is 0 Å². The van der Waals surface area contributed by atoms with E-state index in [4.69, 9.17) is 0 Å². The van der Waals surface area contributed by atoms with Crippen molar-refractivity contribution in [1.82, 2.24) is 25.1 Å². The number of nitrogens with one attached hydrogen (secondary N) is 2. The van der Waals surface area contributed by atoms with Gasteiger partial charge in [0.15, 0.2) is 5.96 Å². The highest BCUT2D eigenvalue weighted by Gasteiger charge is 2.27. The van der Waals surface area contributed by atoms with Crippen LogP contribution in [0.15, 0.2) is 47.7 Å². The summed E-state index contributed by atoms with van der Waals surface area (Å²) in [6.07, 6.45) is 13.4. The Morgan fingerprint density at radius 2 is 1.93 bits per heavy atom. The predicted molar refractivity (Wildman–Crippen MR) is 123 cm³/mol. The summed E-state index contributed by atoms with van der Waals surface area (Å²) in [5.41, 5.74) is 1.28. The lowest BCUT2D eigenvalue weighted by atomic mass is 9.92. The molecule has 1 aromatic heterocycles. The summed E-state index contributed by atoms with van der Waals surface area (Å²) < 4.78 is 2.20. The van der Waals surface area contributed by atoms with E-state index in [0.29, 0.717) is 12.6 Å². The van der Waals surface area contributed by atoms with Crippen molar-refractivity contribution in [2.45, 2.75) is 70.1 Å². The number of aliphatic imine (C=N–C) groups is 1. The Labute approximate surface area is 180 Å². The van der Waals surface area contributed by atoms with Gasteiger partial charge in [0.25, 0.3) is 0 Å². The molecule has 6 nitrogen and oxygen atoms in total. The summed E-state index contributed by atoms with van der Waals surface area (Å²) >= 11 is 0. The fraction of sp³-hybridized carbons (Fsp3) is 0.583. The third-order valence-corrected chi connectivity index (χ3v) is 6.52. The van der Waals surface area contributed by atoms with E-state index in [1.165, 1.54) is 57.1 Å². The zero-order valence-electron chi connectivity index (χ0n) is 18.3. The minimum absolute atomic E-state index is 0.468. The van der Waals surface area contributed by atoms with Crippen LogP contribution in [0.2, 0.25) is 0 Å². The van der Waals surface area contributed by atoms with E-state index in [9.17, 15) is 0 Å². The molecular weight excluding hydrogens is 372 g/mol. The van der Waals surface area contributed by atoms with Crippen molar-refractivity contribution in [3.63, 3.8) is 0 Å². The van der Waals surface area contributed by atoms with Crippen LogP contribution in [0, 0.1) is 0 Å². The van der Waals surface area contributed by atoms with Crippen LogP contribution in [0.25, 0.3) is 0 Å². The van der Waals surface area contributed by atoms with Gasteiger partial charge in [0.2, 0.25) is 0 Å². The quantitative estimate of drug-likeness (QED) is 0.568. The van der Waals surface area contributed by atoms with E-state index in [2.05, 4.69) is 60.4 Å². The number of piperidine rings is 1. The maximum atomic E-state index is 4.55. The lowest BCUT2D eigenvalue weighted by Gasteiger charge is -2.40. The molecule has 1 saturated heterocycles. The summed E-state index contributed by atoms with van der Waals surface area (Å²) in [5, 5.41) is 7.14. The third-order valence-electron chi connectivity index (χ3n) is 6.52. The van der Waals surface area contributed by atoms with E-state index in [0.717, 1.165) is 30.9 Å². The predicted octanol–water partition coefficient (Wildman–Crippen LogP) is 3.39. The lowest BCUT2D eigenvalue weighted by molar-refractivity contribution is 0.115. The normalized spacial score (nSPS) is 21.5. The van der Waals surface area contributed by atoms with Gasteiger partial charge < -0.3 is 15.2 Å². The number of benzene rings is 1.